The average Bonchev–Trinajstić information content (AvgIpc) is 3.09. The molecule has 0 radical (unpaired) electrons. The fourth-order valence-corrected chi connectivity index (χ4v) is 4.09. The Morgan fingerprint density at radius 1 is 1.68 bits per heavy atom. The molecule has 0 unspecified atom stereocenters. The smallest absolute Gasteiger partial charge is 0.355 e. The van der Waals surface area contributed by atoms with Gasteiger partial charge in [-0.3, -0.25) is 4.79 Å². The van der Waals surface area contributed by atoms with Crippen molar-refractivity contribution in [3.8, 4) is 12.3 Å². The van der Waals surface area contributed by atoms with Crippen LogP contribution in [0.1, 0.15) is 23.3 Å². The number of carbonyl (C=O) groups excluding carboxylic acids is 1. The maximum atomic E-state index is 11.9. The Hall–Kier alpha value is -1.56. The molecule has 8 heteroatoms. The van der Waals surface area contributed by atoms with Crippen LogP contribution in [0.5, 0.6) is 0 Å². The van der Waals surface area contributed by atoms with Crippen LogP contribution in [0.25, 0.3) is 0 Å². The molecule has 0 aliphatic carbocycles. The highest BCUT2D eigenvalue weighted by Gasteiger charge is 2.29. The Bertz CT molecular complexity index is 582. The van der Waals surface area contributed by atoms with Crippen LogP contribution in [-0.2, 0) is 4.79 Å². The first-order valence-corrected chi connectivity index (χ1v) is 8.73. The maximum absolute atomic E-state index is 11.9. The zero-order valence-electron chi connectivity index (χ0n) is 11.9. The Balaban J connectivity index is 1.79. The number of aromatic carboxylic acids is 1. The topological polar surface area (TPSA) is 82.5 Å². The van der Waals surface area contributed by atoms with Crippen molar-refractivity contribution < 1.29 is 14.7 Å². The molecule has 1 aromatic rings. The SMILES string of the molecule is C#CCNC[C@H]1CCC(=O)N1CCSc1nc(C(=O)O)cs1. The number of carboxylic acid groups (broad SMARTS) is 1. The molecule has 1 aliphatic heterocycles. The second-order valence-electron chi connectivity index (χ2n) is 4.77. The Morgan fingerprint density at radius 2 is 2.50 bits per heavy atom. The molecule has 1 saturated heterocycles. The fourth-order valence-electron chi connectivity index (χ4n) is 2.28. The molecular formula is C14H17N3O3S2. The van der Waals surface area contributed by atoms with Gasteiger partial charge in [-0.1, -0.05) is 17.7 Å². The second kappa shape index (κ2) is 8.17. The minimum absolute atomic E-state index is 0.0705. The van der Waals surface area contributed by atoms with Gasteiger partial charge in [-0.2, -0.15) is 0 Å². The van der Waals surface area contributed by atoms with E-state index in [-0.39, 0.29) is 17.6 Å². The van der Waals surface area contributed by atoms with Crippen LogP contribution in [-0.4, -0.2) is 58.3 Å². The molecule has 0 aromatic carbocycles. The van der Waals surface area contributed by atoms with Crippen LogP contribution >= 0.6 is 23.1 Å². The lowest BCUT2D eigenvalue weighted by Crippen LogP contribution is -2.41. The summed E-state index contributed by atoms with van der Waals surface area (Å²) in [5.41, 5.74) is 0.0705. The number of thiazole rings is 1. The summed E-state index contributed by atoms with van der Waals surface area (Å²) in [6, 6.07) is 0.187. The minimum atomic E-state index is -1.02. The third kappa shape index (κ3) is 4.47. The quantitative estimate of drug-likeness (QED) is 0.420. The molecule has 2 rings (SSSR count). The minimum Gasteiger partial charge on any atom is -0.476 e. The molecule has 1 aliphatic rings. The van der Waals surface area contributed by atoms with Gasteiger partial charge in [-0.15, -0.1) is 17.8 Å². The van der Waals surface area contributed by atoms with Gasteiger partial charge in [0.2, 0.25) is 5.91 Å². The number of likely N-dealkylation sites (tertiary alicyclic amines) is 1. The number of nitrogens with one attached hydrogen (secondary N) is 1. The van der Waals surface area contributed by atoms with Gasteiger partial charge in [0, 0.05) is 36.7 Å². The molecule has 0 saturated carbocycles. The van der Waals surface area contributed by atoms with E-state index in [4.69, 9.17) is 11.5 Å². The number of hydrogen-bond donors (Lipinski definition) is 2. The number of thioether (sulfide) groups is 1. The van der Waals surface area contributed by atoms with Crippen molar-refractivity contribution in [3.05, 3.63) is 11.1 Å². The van der Waals surface area contributed by atoms with Gasteiger partial charge in [0.05, 0.1) is 6.54 Å². The summed E-state index contributed by atoms with van der Waals surface area (Å²) >= 11 is 2.79. The maximum Gasteiger partial charge on any atom is 0.355 e. The van der Waals surface area contributed by atoms with Crippen molar-refractivity contribution in [1.82, 2.24) is 15.2 Å². The molecule has 0 spiro atoms. The monoisotopic (exact) mass is 339 g/mol. The fraction of sp³-hybridized carbons (Fsp3) is 0.500. The van der Waals surface area contributed by atoms with Crippen molar-refractivity contribution in [3.63, 3.8) is 0 Å². The van der Waals surface area contributed by atoms with E-state index in [1.807, 2.05) is 4.90 Å². The number of amides is 1. The number of hydrogen-bond acceptors (Lipinski definition) is 6. The summed E-state index contributed by atoms with van der Waals surface area (Å²) in [6.45, 7) is 1.85. The molecule has 1 atom stereocenters. The molecule has 0 bridgehead atoms. The molecule has 118 valence electrons. The summed E-state index contributed by atoms with van der Waals surface area (Å²) < 4.78 is 0.714. The normalized spacial score (nSPS) is 17.7. The van der Waals surface area contributed by atoms with Crippen LogP contribution in [0.2, 0.25) is 0 Å². The average molecular weight is 339 g/mol. The molecular weight excluding hydrogens is 322 g/mol. The van der Waals surface area contributed by atoms with Crippen LogP contribution in [0.3, 0.4) is 0 Å². The zero-order chi connectivity index (χ0) is 15.9. The predicted octanol–water partition coefficient (Wildman–Crippen LogP) is 1.15. The molecule has 1 fully saturated rings. The van der Waals surface area contributed by atoms with Crippen molar-refractivity contribution in [2.75, 3.05) is 25.4 Å². The lowest BCUT2D eigenvalue weighted by molar-refractivity contribution is -0.128. The van der Waals surface area contributed by atoms with Gasteiger partial charge in [0.1, 0.15) is 0 Å². The van der Waals surface area contributed by atoms with Crippen molar-refractivity contribution >= 4 is 35.0 Å². The van der Waals surface area contributed by atoms with E-state index in [9.17, 15) is 9.59 Å². The van der Waals surface area contributed by atoms with Crippen molar-refractivity contribution in [2.45, 2.75) is 23.2 Å². The van der Waals surface area contributed by atoms with Gasteiger partial charge in [0.15, 0.2) is 10.0 Å². The largest absolute Gasteiger partial charge is 0.476 e. The lowest BCUT2D eigenvalue weighted by atomic mass is 10.2. The van der Waals surface area contributed by atoms with Gasteiger partial charge in [-0.25, -0.2) is 9.78 Å². The van der Waals surface area contributed by atoms with E-state index in [0.29, 0.717) is 36.1 Å². The zero-order valence-corrected chi connectivity index (χ0v) is 13.6. The highest BCUT2D eigenvalue weighted by molar-refractivity contribution is 8.01. The first-order chi connectivity index (χ1) is 10.6. The summed E-state index contributed by atoms with van der Waals surface area (Å²) in [5.74, 6) is 2.37. The van der Waals surface area contributed by atoms with E-state index in [1.54, 1.807) is 0 Å². The van der Waals surface area contributed by atoms with Gasteiger partial charge >= 0.3 is 5.97 Å². The molecule has 22 heavy (non-hydrogen) atoms. The molecule has 1 amide bonds. The highest BCUT2D eigenvalue weighted by Crippen LogP contribution is 2.24. The van der Waals surface area contributed by atoms with Crippen LogP contribution in [0.15, 0.2) is 9.72 Å². The Labute approximate surface area is 137 Å². The first-order valence-electron chi connectivity index (χ1n) is 6.87. The first kappa shape index (κ1) is 16.8. The molecule has 2 N–H and O–H groups in total. The Kier molecular flexibility index (Phi) is 6.24. The van der Waals surface area contributed by atoms with Crippen molar-refractivity contribution in [2.24, 2.45) is 0 Å². The van der Waals surface area contributed by atoms with E-state index < -0.39 is 5.97 Å². The summed E-state index contributed by atoms with van der Waals surface area (Å²) in [5, 5.41) is 13.5. The molecule has 1 aromatic heterocycles. The van der Waals surface area contributed by atoms with Crippen LogP contribution in [0.4, 0.5) is 0 Å². The van der Waals surface area contributed by atoms with E-state index in [0.717, 1.165) is 6.42 Å². The number of carboxylic acids is 1. The van der Waals surface area contributed by atoms with Gasteiger partial charge in [-0.05, 0) is 6.42 Å². The third-order valence-corrected chi connectivity index (χ3v) is 5.32. The second-order valence-corrected chi connectivity index (χ2v) is 6.97. The number of nitrogens with zero attached hydrogens (tertiary/aromatic N) is 2. The highest BCUT2D eigenvalue weighted by atomic mass is 32.2. The Morgan fingerprint density at radius 3 is 3.18 bits per heavy atom. The molecule has 2 heterocycles. The standard InChI is InChI=1S/C14H17N3O3S2/c1-2-5-15-8-10-3-4-12(18)17(10)6-7-21-14-16-11(9-22-14)13(19)20/h1,9-10,15H,3-8H2,(H,19,20)/t10-/m1/s1. The number of rotatable bonds is 8. The predicted molar refractivity (Wildman–Crippen MR) is 86.2 cm³/mol. The molecule has 6 nitrogen and oxygen atoms in total. The van der Waals surface area contributed by atoms with Crippen molar-refractivity contribution in [1.29, 1.82) is 0 Å². The number of carbonyl (C=O) groups is 2. The summed E-state index contributed by atoms with van der Waals surface area (Å²) in [4.78, 5) is 28.6. The number of terminal acetylenes is 1. The van der Waals surface area contributed by atoms with Gasteiger partial charge in [0.25, 0.3) is 0 Å². The van der Waals surface area contributed by atoms with E-state index >= 15 is 0 Å². The third-order valence-electron chi connectivity index (χ3n) is 3.32. The van der Waals surface area contributed by atoms with Gasteiger partial charge < -0.3 is 15.3 Å². The van der Waals surface area contributed by atoms with Crippen LogP contribution < -0.4 is 5.32 Å². The lowest BCUT2D eigenvalue weighted by Gasteiger charge is -2.24. The summed E-state index contributed by atoms with van der Waals surface area (Å²) in [6.07, 6.45) is 6.62. The van der Waals surface area contributed by atoms with E-state index in [1.165, 1.54) is 28.5 Å². The van der Waals surface area contributed by atoms with E-state index in [2.05, 4.69) is 16.2 Å². The summed E-state index contributed by atoms with van der Waals surface area (Å²) in [7, 11) is 0. The van der Waals surface area contributed by atoms with Crippen LogP contribution in [0, 0.1) is 12.3 Å². The number of aromatic nitrogens is 1.